The number of carbonyl (C=O) groups is 2. The van der Waals surface area contributed by atoms with E-state index in [1.807, 2.05) is 30.3 Å². The van der Waals surface area contributed by atoms with E-state index in [1.54, 1.807) is 18.2 Å². The number of carbonyl (C=O) groups excluding carboxylic acids is 2. The normalized spacial score (nSPS) is 10.4. The van der Waals surface area contributed by atoms with Gasteiger partial charge < -0.3 is 10.2 Å². The first-order chi connectivity index (χ1) is 12.0. The van der Waals surface area contributed by atoms with Crippen molar-refractivity contribution in [2.45, 2.75) is 19.8 Å². The Balaban J connectivity index is 1.87. The predicted molar refractivity (Wildman–Crippen MR) is 102 cm³/mol. The number of nitrogens with one attached hydrogen (secondary N) is 1. The van der Waals surface area contributed by atoms with Gasteiger partial charge in [0.2, 0.25) is 11.8 Å². The van der Waals surface area contributed by atoms with Crippen LogP contribution in [0.1, 0.15) is 18.9 Å². The van der Waals surface area contributed by atoms with Crippen LogP contribution in [0, 0.1) is 0 Å². The van der Waals surface area contributed by atoms with E-state index in [2.05, 4.69) is 5.32 Å². The molecule has 0 bridgehead atoms. The molecule has 0 aliphatic heterocycles. The van der Waals surface area contributed by atoms with E-state index in [1.165, 1.54) is 11.8 Å². The van der Waals surface area contributed by atoms with Gasteiger partial charge in [-0.05, 0) is 24.1 Å². The van der Waals surface area contributed by atoms with Gasteiger partial charge in [-0.1, -0.05) is 59.6 Å². The number of para-hydroxylation sites is 1. The molecular weight excluding hydrogens is 359 g/mol. The first-order valence-electron chi connectivity index (χ1n) is 8.02. The van der Waals surface area contributed by atoms with Crippen LogP contribution in [0.2, 0.25) is 10.0 Å². The van der Waals surface area contributed by atoms with Gasteiger partial charge in [0, 0.05) is 26.4 Å². The SMILES string of the molecule is CC(=O)N(CCNC(=O)CCc1ccccc1)c1c(Cl)cccc1Cl. The third-order valence-corrected chi connectivity index (χ3v) is 4.34. The number of amides is 2. The van der Waals surface area contributed by atoms with E-state index in [0.29, 0.717) is 41.7 Å². The molecule has 2 amide bonds. The summed E-state index contributed by atoms with van der Waals surface area (Å²) >= 11 is 12.3. The highest BCUT2D eigenvalue weighted by atomic mass is 35.5. The molecule has 0 saturated heterocycles. The maximum absolute atomic E-state index is 12.0. The molecule has 6 heteroatoms. The number of rotatable bonds is 7. The fourth-order valence-electron chi connectivity index (χ4n) is 2.47. The zero-order valence-corrected chi connectivity index (χ0v) is 15.5. The zero-order valence-electron chi connectivity index (χ0n) is 14.0. The first-order valence-corrected chi connectivity index (χ1v) is 8.77. The number of anilines is 1. The Bertz CT molecular complexity index is 715. The van der Waals surface area contributed by atoms with Gasteiger partial charge in [0.1, 0.15) is 0 Å². The molecule has 0 heterocycles. The molecule has 0 atom stereocenters. The lowest BCUT2D eigenvalue weighted by Gasteiger charge is -2.23. The van der Waals surface area contributed by atoms with Crippen molar-refractivity contribution in [2.75, 3.05) is 18.0 Å². The Morgan fingerprint density at radius 3 is 2.24 bits per heavy atom. The molecule has 2 rings (SSSR count). The van der Waals surface area contributed by atoms with Crippen molar-refractivity contribution in [3.63, 3.8) is 0 Å². The van der Waals surface area contributed by atoms with Crippen molar-refractivity contribution in [1.29, 1.82) is 0 Å². The highest BCUT2D eigenvalue weighted by Crippen LogP contribution is 2.33. The van der Waals surface area contributed by atoms with E-state index < -0.39 is 0 Å². The summed E-state index contributed by atoms with van der Waals surface area (Å²) in [7, 11) is 0. The number of aryl methyl sites for hydroxylation is 1. The van der Waals surface area contributed by atoms with E-state index in [9.17, 15) is 9.59 Å². The van der Waals surface area contributed by atoms with Crippen LogP contribution in [0.5, 0.6) is 0 Å². The van der Waals surface area contributed by atoms with Gasteiger partial charge in [-0.3, -0.25) is 9.59 Å². The summed E-state index contributed by atoms with van der Waals surface area (Å²) in [5, 5.41) is 3.63. The molecule has 0 aliphatic carbocycles. The average molecular weight is 379 g/mol. The second-order valence-electron chi connectivity index (χ2n) is 5.58. The van der Waals surface area contributed by atoms with Crippen LogP contribution in [-0.4, -0.2) is 24.9 Å². The third-order valence-electron chi connectivity index (χ3n) is 3.73. The molecule has 0 aromatic heterocycles. The number of hydrogen-bond acceptors (Lipinski definition) is 2. The van der Waals surface area contributed by atoms with Crippen LogP contribution < -0.4 is 10.2 Å². The maximum atomic E-state index is 12.0. The van der Waals surface area contributed by atoms with E-state index in [-0.39, 0.29) is 11.8 Å². The van der Waals surface area contributed by atoms with Crippen LogP contribution in [0.25, 0.3) is 0 Å². The van der Waals surface area contributed by atoms with Crippen LogP contribution in [-0.2, 0) is 16.0 Å². The molecule has 0 radical (unpaired) electrons. The fraction of sp³-hybridized carbons (Fsp3) is 0.263. The highest BCUT2D eigenvalue weighted by Gasteiger charge is 2.18. The zero-order chi connectivity index (χ0) is 18.2. The quantitative estimate of drug-likeness (QED) is 0.788. The number of benzene rings is 2. The molecule has 2 aromatic rings. The summed E-state index contributed by atoms with van der Waals surface area (Å²) in [5.74, 6) is -0.244. The van der Waals surface area contributed by atoms with E-state index in [4.69, 9.17) is 23.2 Å². The summed E-state index contributed by atoms with van der Waals surface area (Å²) in [4.78, 5) is 25.4. The van der Waals surface area contributed by atoms with Crippen LogP contribution >= 0.6 is 23.2 Å². The van der Waals surface area contributed by atoms with Crippen molar-refractivity contribution >= 4 is 40.7 Å². The summed E-state index contributed by atoms with van der Waals surface area (Å²) < 4.78 is 0. The van der Waals surface area contributed by atoms with Gasteiger partial charge in [0.15, 0.2) is 0 Å². The van der Waals surface area contributed by atoms with Crippen molar-refractivity contribution in [2.24, 2.45) is 0 Å². The van der Waals surface area contributed by atoms with Crippen LogP contribution in [0.15, 0.2) is 48.5 Å². The highest BCUT2D eigenvalue weighted by molar-refractivity contribution is 6.39. The first kappa shape index (κ1) is 19.3. The third kappa shape index (κ3) is 5.76. The maximum Gasteiger partial charge on any atom is 0.224 e. The molecule has 2 aromatic carbocycles. The molecule has 0 aliphatic rings. The Hall–Kier alpha value is -2.04. The molecule has 0 saturated carbocycles. The van der Waals surface area contributed by atoms with Gasteiger partial charge in [0.05, 0.1) is 15.7 Å². The molecule has 25 heavy (non-hydrogen) atoms. The molecule has 132 valence electrons. The summed E-state index contributed by atoms with van der Waals surface area (Å²) in [6.45, 7) is 2.07. The Kier molecular flexibility index (Phi) is 7.29. The molecule has 0 unspecified atom stereocenters. The van der Waals surface area contributed by atoms with Gasteiger partial charge in [-0.15, -0.1) is 0 Å². The molecule has 1 N–H and O–H groups in total. The Labute approximate surface area is 157 Å². The lowest BCUT2D eigenvalue weighted by Crippen LogP contribution is -2.38. The van der Waals surface area contributed by atoms with Crippen LogP contribution in [0.4, 0.5) is 5.69 Å². The minimum Gasteiger partial charge on any atom is -0.354 e. The standard InChI is InChI=1S/C19H20Cl2N2O2/c1-14(24)23(19-16(20)8-5-9-17(19)21)13-12-22-18(25)11-10-15-6-3-2-4-7-15/h2-9H,10-13H2,1H3,(H,22,25). The van der Waals surface area contributed by atoms with Gasteiger partial charge >= 0.3 is 0 Å². The van der Waals surface area contributed by atoms with Gasteiger partial charge in [-0.2, -0.15) is 0 Å². The average Bonchev–Trinajstić information content (AvgIpc) is 2.59. The lowest BCUT2D eigenvalue weighted by molar-refractivity contribution is -0.121. The summed E-state index contributed by atoms with van der Waals surface area (Å²) in [6, 6.07) is 14.9. The van der Waals surface area contributed by atoms with Crippen molar-refractivity contribution in [1.82, 2.24) is 5.32 Å². The predicted octanol–water partition coefficient (Wildman–Crippen LogP) is 4.10. The second kappa shape index (κ2) is 9.44. The smallest absolute Gasteiger partial charge is 0.224 e. The van der Waals surface area contributed by atoms with E-state index in [0.717, 1.165) is 5.56 Å². The topological polar surface area (TPSA) is 49.4 Å². The van der Waals surface area contributed by atoms with Crippen LogP contribution in [0.3, 0.4) is 0 Å². The number of nitrogens with zero attached hydrogens (tertiary/aromatic N) is 1. The van der Waals surface area contributed by atoms with Crippen molar-refractivity contribution < 1.29 is 9.59 Å². The molecule has 0 fully saturated rings. The van der Waals surface area contributed by atoms with Crippen molar-refractivity contribution in [3.8, 4) is 0 Å². The lowest BCUT2D eigenvalue weighted by atomic mass is 10.1. The molecular formula is C19H20Cl2N2O2. The summed E-state index contributed by atoms with van der Waals surface area (Å²) in [6.07, 6.45) is 1.08. The number of hydrogen-bond donors (Lipinski definition) is 1. The summed E-state index contributed by atoms with van der Waals surface area (Å²) in [5.41, 5.74) is 1.59. The van der Waals surface area contributed by atoms with Gasteiger partial charge in [0.25, 0.3) is 0 Å². The fourth-order valence-corrected chi connectivity index (χ4v) is 3.07. The van der Waals surface area contributed by atoms with Crippen molar-refractivity contribution in [3.05, 3.63) is 64.1 Å². The molecule has 4 nitrogen and oxygen atoms in total. The minimum atomic E-state index is -0.187. The van der Waals surface area contributed by atoms with Gasteiger partial charge in [-0.25, -0.2) is 0 Å². The second-order valence-corrected chi connectivity index (χ2v) is 6.39. The number of halogens is 2. The minimum absolute atomic E-state index is 0.0578. The van der Waals surface area contributed by atoms with E-state index >= 15 is 0 Å². The largest absolute Gasteiger partial charge is 0.354 e. The Morgan fingerprint density at radius 1 is 1.00 bits per heavy atom. The monoisotopic (exact) mass is 378 g/mol. The Morgan fingerprint density at radius 2 is 1.64 bits per heavy atom. The molecule has 0 spiro atoms.